The van der Waals surface area contributed by atoms with Crippen molar-refractivity contribution in [1.82, 2.24) is 9.55 Å². The third-order valence-electron chi connectivity index (χ3n) is 11.0. The number of allylic oxidation sites excluding steroid dienone is 9. The van der Waals surface area contributed by atoms with E-state index in [9.17, 15) is 53.7 Å². The lowest BCUT2D eigenvalue weighted by molar-refractivity contribution is -0.161. The molecule has 2 rings (SSSR count). The monoisotopic (exact) mass is 1060 g/mol. The van der Waals surface area contributed by atoms with Gasteiger partial charge >= 0.3 is 33.3 Å². The first-order valence-electron chi connectivity index (χ1n) is 25.2. The molecular formula is C50H81N3O17P2. The van der Waals surface area contributed by atoms with Crippen molar-refractivity contribution in [3.63, 3.8) is 0 Å². The molecule has 0 aromatic carbocycles. The topological polar surface area (TPSA) is 306 Å². The fourth-order valence-electron chi connectivity index (χ4n) is 6.95. The van der Waals surface area contributed by atoms with Gasteiger partial charge in [0, 0.05) is 19.0 Å². The van der Waals surface area contributed by atoms with Crippen molar-refractivity contribution in [3.8, 4) is 0 Å². The van der Waals surface area contributed by atoms with Crippen LogP contribution < -0.4 is 11.4 Å². The maximum absolute atomic E-state index is 12.9. The van der Waals surface area contributed by atoms with Crippen LogP contribution in [0.4, 0.5) is 5.82 Å². The van der Waals surface area contributed by atoms with Gasteiger partial charge in [-0.2, -0.15) is 9.29 Å². The number of esters is 2. The molecule has 9 atom stereocenters. The van der Waals surface area contributed by atoms with Crippen LogP contribution in [0.2, 0.25) is 0 Å². The third kappa shape index (κ3) is 30.3. The number of hydrogen-bond acceptors (Lipinski definition) is 17. The normalized spacial score (nSPS) is 20.6. The summed E-state index contributed by atoms with van der Waals surface area (Å²) in [5, 5.41) is 41.4. The fourth-order valence-corrected chi connectivity index (χ4v) is 9.06. The van der Waals surface area contributed by atoms with Crippen LogP contribution in [0.15, 0.2) is 90.0 Å². The predicted molar refractivity (Wildman–Crippen MR) is 273 cm³/mol. The Morgan fingerprint density at radius 2 is 1.33 bits per heavy atom. The van der Waals surface area contributed by atoms with Gasteiger partial charge in [-0.05, 0) is 76.7 Å². The first-order chi connectivity index (χ1) is 34.5. The molecule has 1 fully saturated rings. The number of phosphoric acid groups is 2. The van der Waals surface area contributed by atoms with Crippen molar-refractivity contribution in [2.75, 3.05) is 25.6 Å². The molecule has 408 valence electrons. The van der Waals surface area contributed by atoms with E-state index in [1.807, 2.05) is 6.08 Å². The Morgan fingerprint density at radius 1 is 0.750 bits per heavy atom. The van der Waals surface area contributed by atoms with Crippen LogP contribution >= 0.6 is 15.6 Å². The van der Waals surface area contributed by atoms with Crippen LogP contribution in [0.25, 0.3) is 0 Å². The van der Waals surface area contributed by atoms with Crippen molar-refractivity contribution in [1.29, 1.82) is 0 Å². The maximum Gasteiger partial charge on any atom is 0.481 e. The molecule has 0 saturated carbocycles. The average Bonchev–Trinajstić information content (AvgIpc) is 3.61. The van der Waals surface area contributed by atoms with Crippen molar-refractivity contribution in [2.24, 2.45) is 0 Å². The van der Waals surface area contributed by atoms with Gasteiger partial charge in [0.2, 0.25) is 0 Å². The first kappa shape index (κ1) is 64.2. The van der Waals surface area contributed by atoms with Gasteiger partial charge in [0.1, 0.15) is 30.7 Å². The summed E-state index contributed by atoms with van der Waals surface area (Å²) < 4.78 is 56.5. The van der Waals surface area contributed by atoms with Crippen LogP contribution in [0.5, 0.6) is 0 Å². The minimum Gasteiger partial charge on any atom is -0.462 e. The maximum atomic E-state index is 12.9. The number of carbonyl (C=O) groups excluding carboxylic acids is 2. The van der Waals surface area contributed by atoms with Gasteiger partial charge in [-0.25, -0.2) is 13.9 Å². The summed E-state index contributed by atoms with van der Waals surface area (Å²) >= 11 is 0. The van der Waals surface area contributed by atoms with Crippen molar-refractivity contribution in [2.45, 2.75) is 185 Å². The zero-order chi connectivity index (χ0) is 53.0. The number of nitrogens with two attached hydrogens (primary N) is 1. The Hall–Kier alpha value is -3.88. The minimum atomic E-state index is -5.49. The smallest absolute Gasteiger partial charge is 0.462 e. The Kier molecular flexibility index (Phi) is 33.7. The zero-order valence-corrected chi connectivity index (χ0v) is 43.7. The molecule has 0 radical (unpaired) electrons. The van der Waals surface area contributed by atoms with E-state index in [4.69, 9.17) is 29.0 Å². The molecule has 0 aliphatic carbocycles. The predicted octanol–water partition coefficient (Wildman–Crippen LogP) is 8.05. The second kappa shape index (κ2) is 37.8. The fraction of sp³-hybridized carbons (Fsp3) is 0.640. The highest BCUT2D eigenvalue weighted by Crippen LogP contribution is 2.60. The molecule has 2 heterocycles. The van der Waals surface area contributed by atoms with E-state index < -0.39 is 95.9 Å². The van der Waals surface area contributed by atoms with E-state index in [-0.39, 0.29) is 31.5 Å². The Balaban J connectivity index is 1.89. The number of carbonyl (C=O) groups is 2. The first-order valence-corrected chi connectivity index (χ1v) is 28.2. The van der Waals surface area contributed by atoms with Gasteiger partial charge in [0.25, 0.3) is 0 Å². The van der Waals surface area contributed by atoms with Crippen molar-refractivity contribution in [3.05, 3.63) is 95.7 Å². The van der Waals surface area contributed by atoms with Crippen LogP contribution in [0, 0.1) is 0 Å². The van der Waals surface area contributed by atoms with E-state index in [1.54, 1.807) is 30.4 Å². The number of nitrogens with zero attached hydrogens (tertiary/aromatic N) is 2. The summed E-state index contributed by atoms with van der Waals surface area (Å²) in [5.41, 5.74) is 4.56. The molecule has 1 aromatic heterocycles. The van der Waals surface area contributed by atoms with Gasteiger partial charge in [-0.3, -0.25) is 23.2 Å². The van der Waals surface area contributed by atoms with Crippen molar-refractivity contribution < 1.29 is 76.5 Å². The lowest BCUT2D eigenvalue weighted by Gasteiger charge is -2.21. The summed E-state index contributed by atoms with van der Waals surface area (Å²) in [6, 6.07) is 1.23. The number of nitrogen functional groups attached to an aromatic ring is 1. The number of unbranched alkanes of at least 4 members (excludes halogenated alkanes) is 11. The summed E-state index contributed by atoms with van der Waals surface area (Å²) in [5.74, 6) is -1.58. The number of rotatable bonds is 40. The lowest BCUT2D eigenvalue weighted by Crippen LogP contribution is -2.36. The number of phosphoric ester groups is 2. The van der Waals surface area contributed by atoms with Crippen LogP contribution in [0.1, 0.15) is 148 Å². The molecule has 1 aliphatic heterocycles. The summed E-state index contributed by atoms with van der Waals surface area (Å²) in [6.07, 6.45) is 30.3. The number of ether oxygens (including phenoxy) is 3. The number of anilines is 1. The van der Waals surface area contributed by atoms with Crippen LogP contribution in [0.3, 0.4) is 0 Å². The van der Waals surface area contributed by atoms with Gasteiger partial charge < -0.3 is 50.2 Å². The molecule has 0 bridgehead atoms. The molecule has 8 N–H and O–H groups in total. The molecule has 2 unspecified atom stereocenters. The van der Waals surface area contributed by atoms with Gasteiger partial charge in [-0.1, -0.05) is 132 Å². The minimum absolute atomic E-state index is 0.0547. The molecule has 0 amide bonds. The second-order valence-corrected chi connectivity index (χ2v) is 20.4. The Labute approximate surface area is 424 Å². The van der Waals surface area contributed by atoms with E-state index in [2.05, 4.69) is 53.5 Å². The molecule has 22 heteroatoms. The zero-order valence-electron chi connectivity index (χ0n) is 41.9. The van der Waals surface area contributed by atoms with Gasteiger partial charge in [-0.15, -0.1) is 0 Å². The number of aromatic nitrogens is 2. The summed E-state index contributed by atoms with van der Waals surface area (Å²) in [4.78, 5) is 61.9. The number of aliphatic hydroxyl groups is 4. The largest absolute Gasteiger partial charge is 0.481 e. The number of hydrogen-bond donors (Lipinski definition) is 7. The molecule has 0 spiro atoms. The van der Waals surface area contributed by atoms with Gasteiger partial charge in [0.05, 0.1) is 25.4 Å². The highest BCUT2D eigenvalue weighted by Gasteiger charge is 2.46. The van der Waals surface area contributed by atoms with E-state index in [0.717, 1.165) is 75.0 Å². The average molecular weight is 1060 g/mol. The van der Waals surface area contributed by atoms with Crippen molar-refractivity contribution >= 4 is 33.4 Å². The molecule has 1 saturated heterocycles. The van der Waals surface area contributed by atoms with E-state index in [0.29, 0.717) is 12.8 Å². The molecular weight excluding hydrogens is 977 g/mol. The Bertz CT molecular complexity index is 2030. The summed E-state index contributed by atoms with van der Waals surface area (Å²) in [6.45, 7) is 1.80. The Morgan fingerprint density at radius 3 is 1.99 bits per heavy atom. The molecule has 1 aromatic rings. The van der Waals surface area contributed by atoms with Gasteiger partial charge in [0.15, 0.2) is 12.3 Å². The highest BCUT2D eigenvalue weighted by atomic mass is 31.3. The highest BCUT2D eigenvalue weighted by molar-refractivity contribution is 7.61. The standard InChI is InChI=1S/C50H81N3O17P2/c1-3-5-7-9-11-12-13-14-15-16-17-18-19-21-27-33-45(56)65-37-42(68-46(57)34-28-32-41(55)31-26-23-22-25-30-40(54)29-24-20-10-8-6-4-2)38-66-71(61,62)70-72(63,64)67-39-43-47(58)48(59)49(69-43)53-36-35-44(51)52-50(53)60/h11-12,14-15,20,22-26,30-31,35-36,40-43,47-49,54-55,58-59H,3-10,13,16-19,21,27-29,32-34,37-39H2,1-2H3,(H,61,62)(H,63,64)(H2,51,52,60)/b12-11-,15-14-,23-22+,24-20-,30-25+,31-26-/t40-,41-,42+,43+,47+,48+,49+/m0/s1. The SMILES string of the molecule is CCCCC/C=C\C/C=C\CCCCCCCC(=O)OC[C@H](COP(=O)(O)OP(=O)(O)OC[C@H]1O[C@@H](n2ccc(N)nc2=O)[C@H](O)[C@@H]1O)OC(=O)CCC[C@@H](O)\C=C/C=C/C=C/[C@@H](O)C/C=C\CCCCC. The lowest BCUT2D eigenvalue weighted by atomic mass is 10.1. The van der Waals surface area contributed by atoms with Crippen LogP contribution in [-0.2, 0) is 46.3 Å². The summed E-state index contributed by atoms with van der Waals surface area (Å²) in [7, 11) is -11.0. The molecule has 20 nitrogen and oxygen atoms in total. The molecule has 72 heavy (non-hydrogen) atoms. The second-order valence-electron chi connectivity index (χ2n) is 17.4. The number of aliphatic hydroxyl groups excluding tert-OH is 4. The van der Waals surface area contributed by atoms with E-state index in [1.165, 1.54) is 37.8 Å². The third-order valence-corrected chi connectivity index (χ3v) is 13.6. The molecule has 1 aliphatic rings. The quantitative estimate of drug-likeness (QED) is 0.0107. The van der Waals surface area contributed by atoms with Crippen LogP contribution in [-0.4, -0.2) is 108 Å². The van der Waals surface area contributed by atoms with E-state index >= 15 is 0 Å².